The van der Waals surface area contributed by atoms with Crippen molar-refractivity contribution in [3.05, 3.63) is 39.1 Å². The molecule has 5 heteroatoms. The molecule has 1 heterocycles. The van der Waals surface area contributed by atoms with E-state index in [0.717, 1.165) is 21.5 Å². The normalized spacial score (nSPS) is 12.2. The van der Waals surface area contributed by atoms with E-state index < -0.39 is 0 Å². The highest BCUT2D eigenvalue weighted by Crippen LogP contribution is 2.35. The van der Waals surface area contributed by atoms with Crippen molar-refractivity contribution < 1.29 is 4.39 Å². The first-order chi connectivity index (χ1) is 9.06. The molecular formula is C14H12BrFN2S. The average molecular weight is 339 g/mol. The highest BCUT2D eigenvalue weighted by molar-refractivity contribution is 9.10. The Morgan fingerprint density at radius 2 is 2.26 bits per heavy atom. The maximum absolute atomic E-state index is 13.8. The Morgan fingerprint density at radius 1 is 1.53 bits per heavy atom. The fraction of sp³-hybridized carbons (Fsp3) is 0.286. The topological polar surface area (TPSA) is 36.7 Å². The molecule has 0 fully saturated rings. The van der Waals surface area contributed by atoms with Crippen molar-refractivity contribution in [1.29, 1.82) is 5.26 Å². The molecule has 0 aliphatic carbocycles. The van der Waals surface area contributed by atoms with Crippen LogP contribution in [0.1, 0.15) is 29.8 Å². The largest absolute Gasteiger partial charge is 0.241 e. The lowest BCUT2D eigenvalue weighted by atomic mass is 10.1. The summed E-state index contributed by atoms with van der Waals surface area (Å²) in [5.41, 5.74) is 1.29. The third-order valence-corrected chi connectivity index (χ3v) is 4.67. The molecule has 19 heavy (non-hydrogen) atoms. The molecular weight excluding hydrogens is 327 g/mol. The van der Waals surface area contributed by atoms with Gasteiger partial charge in [-0.15, -0.1) is 11.3 Å². The molecule has 0 aliphatic heterocycles. The van der Waals surface area contributed by atoms with E-state index in [4.69, 9.17) is 5.26 Å². The van der Waals surface area contributed by atoms with Gasteiger partial charge >= 0.3 is 0 Å². The smallest absolute Gasteiger partial charge is 0.133 e. The Morgan fingerprint density at radius 3 is 2.89 bits per heavy atom. The van der Waals surface area contributed by atoms with Crippen molar-refractivity contribution >= 4 is 27.3 Å². The van der Waals surface area contributed by atoms with E-state index in [1.54, 1.807) is 12.1 Å². The maximum Gasteiger partial charge on any atom is 0.133 e. The van der Waals surface area contributed by atoms with Crippen LogP contribution in [-0.4, -0.2) is 4.98 Å². The number of benzene rings is 1. The zero-order valence-corrected chi connectivity index (χ0v) is 13.0. The number of aromatic nitrogens is 1. The summed E-state index contributed by atoms with van der Waals surface area (Å²) < 4.78 is 14.7. The van der Waals surface area contributed by atoms with Crippen molar-refractivity contribution in [2.75, 3.05) is 0 Å². The number of thiazole rings is 1. The number of aryl methyl sites for hydroxylation is 1. The molecule has 0 saturated carbocycles. The molecule has 0 bridgehead atoms. The van der Waals surface area contributed by atoms with Crippen molar-refractivity contribution in [2.45, 2.75) is 26.2 Å². The summed E-state index contributed by atoms with van der Waals surface area (Å²) >= 11 is 4.73. The third-order valence-electron chi connectivity index (χ3n) is 2.87. The first kappa shape index (κ1) is 14.2. The van der Waals surface area contributed by atoms with Crippen LogP contribution in [0.25, 0.3) is 10.6 Å². The van der Waals surface area contributed by atoms with Gasteiger partial charge in [0.15, 0.2) is 0 Å². The summed E-state index contributed by atoms with van der Waals surface area (Å²) in [6.07, 6.45) is 0.736. The molecule has 1 aromatic heterocycles. The summed E-state index contributed by atoms with van der Waals surface area (Å²) in [5, 5.41) is 9.75. The van der Waals surface area contributed by atoms with E-state index in [1.165, 1.54) is 17.4 Å². The summed E-state index contributed by atoms with van der Waals surface area (Å²) in [4.78, 5) is 5.34. The molecule has 98 valence electrons. The van der Waals surface area contributed by atoms with E-state index in [0.29, 0.717) is 10.6 Å². The Labute approximate surface area is 124 Å². The fourth-order valence-corrected chi connectivity index (χ4v) is 3.42. The lowest BCUT2D eigenvalue weighted by molar-refractivity contribution is 0.631. The Bertz CT molecular complexity index is 645. The van der Waals surface area contributed by atoms with E-state index in [9.17, 15) is 4.39 Å². The lowest BCUT2D eigenvalue weighted by Crippen LogP contribution is -1.92. The maximum atomic E-state index is 13.8. The number of halogens is 2. The summed E-state index contributed by atoms with van der Waals surface area (Å²) in [7, 11) is 0. The number of hydrogen-bond acceptors (Lipinski definition) is 3. The first-order valence-electron chi connectivity index (χ1n) is 5.89. The predicted octanol–water partition coefficient (Wildman–Crippen LogP) is 5.04. The Kier molecular flexibility index (Phi) is 4.33. The van der Waals surface area contributed by atoms with Gasteiger partial charge in [-0.25, -0.2) is 9.37 Å². The summed E-state index contributed by atoms with van der Waals surface area (Å²) in [6.45, 7) is 3.83. The molecule has 0 spiro atoms. The molecule has 2 nitrogen and oxygen atoms in total. The van der Waals surface area contributed by atoms with Crippen LogP contribution in [-0.2, 0) is 0 Å². The molecule has 2 rings (SSSR count). The van der Waals surface area contributed by atoms with Crippen molar-refractivity contribution in [3.63, 3.8) is 0 Å². The fourth-order valence-electron chi connectivity index (χ4n) is 1.84. The van der Waals surface area contributed by atoms with Gasteiger partial charge in [-0.3, -0.25) is 0 Å². The zero-order valence-electron chi connectivity index (χ0n) is 10.6. The minimum atomic E-state index is -0.298. The highest BCUT2D eigenvalue weighted by Gasteiger charge is 2.18. The van der Waals surface area contributed by atoms with Gasteiger partial charge in [-0.1, -0.05) is 22.9 Å². The number of rotatable bonds is 3. The molecule has 0 radical (unpaired) electrons. The highest BCUT2D eigenvalue weighted by atomic mass is 79.9. The standard InChI is InChI=1S/C14H12BrFN2S/c1-3-9(7-17)13-8(2)18-14(19-13)11-6-10(15)4-5-12(11)16/h4-6,9H,3H2,1-2H3. The van der Waals surface area contributed by atoms with Gasteiger partial charge in [-0.2, -0.15) is 5.26 Å². The van der Waals surface area contributed by atoms with Crippen LogP contribution in [0.4, 0.5) is 4.39 Å². The van der Waals surface area contributed by atoms with Gasteiger partial charge in [0, 0.05) is 14.9 Å². The van der Waals surface area contributed by atoms with Gasteiger partial charge in [0.25, 0.3) is 0 Å². The van der Waals surface area contributed by atoms with Gasteiger partial charge in [0.05, 0.1) is 17.7 Å². The summed E-state index contributed by atoms with van der Waals surface area (Å²) in [5.74, 6) is -0.463. The zero-order chi connectivity index (χ0) is 14.0. The van der Waals surface area contributed by atoms with Crippen molar-refractivity contribution in [2.24, 2.45) is 0 Å². The molecule has 0 N–H and O–H groups in total. The van der Waals surface area contributed by atoms with Crippen LogP contribution in [0.3, 0.4) is 0 Å². The number of nitrogens with zero attached hydrogens (tertiary/aromatic N) is 2. The average Bonchev–Trinajstić information content (AvgIpc) is 2.76. The van der Waals surface area contributed by atoms with E-state index in [1.807, 2.05) is 13.8 Å². The molecule has 0 aliphatic rings. The Balaban J connectivity index is 2.51. The van der Waals surface area contributed by atoms with Crippen LogP contribution in [0.15, 0.2) is 22.7 Å². The molecule has 0 amide bonds. The van der Waals surface area contributed by atoms with Crippen LogP contribution in [0.5, 0.6) is 0 Å². The van der Waals surface area contributed by atoms with Gasteiger partial charge < -0.3 is 0 Å². The number of hydrogen-bond donors (Lipinski definition) is 0. The predicted molar refractivity (Wildman–Crippen MR) is 78.6 cm³/mol. The van der Waals surface area contributed by atoms with E-state index in [-0.39, 0.29) is 11.7 Å². The van der Waals surface area contributed by atoms with Crippen LogP contribution >= 0.6 is 27.3 Å². The SMILES string of the molecule is CCC(C#N)c1sc(-c2cc(Br)ccc2F)nc1C. The van der Waals surface area contributed by atoms with Gasteiger partial charge in [0.2, 0.25) is 0 Å². The molecule has 0 saturated heterocycles. The summed E-state index contributed by atoms with van der Waals surface area (Å²) in [6, 6.07) is 7.05. The quantitative estimate of drug-likeness (QED) is 0.786. The minimum Gasteiger partial charge on any atom is -0.241 e. The second-order valence-electron chi connectivity index (χ2n) is 4.18. The monoisotopic (exact) mass is 338 g/mol. The van der Waals surface area contributed by atoms with Crippen LogP contribution in [0.2, 0.25) is 0 Å². The van der Waals surface area contributed by atoms with Crippen LogP contribution < -0.4 is 0 Å². The van der Waals surface area contributed by atoms with E-state index in [2.05, 4.69) is 27.0 Å². The number of nitriles is 1. The molecule has 1 aromatic carbocycles. The lowest BCUT2D eigenvalue weighted by Gasteiger charge is -2.02. The Hall–Kier alpha value is -1.25. The molecule has 1 unspecified atom stereocenters. The second kappa shape index (κ2) is 5.81. The van der Waals surface area contributed by atoms with Crippen molar-refractivity contribution in [1.82, 2.24) is 4.98 Å². The van der Waals surface area contributed by atoms with Crippen LogP contribution in [0, 0.1) is 24.1 Å². The first-order valence-corrected chi connectivity index (χ1v) is 7.50. The second-order valence-corrected chi connectivity index (χ2v) is 6.13. The van der Waals surface area contributed by atoms with Crippen molar-refractivity contribution in [3.8, 4) is 16.6 Å². The van der Waals surface area contributed by atoms with Gasteiger partial charge in [-0.05, 0) is 31.5 Å². The molecule has 2 aromatic rings. The molecule has 1 atom stereocenters. The third kappa shape index (κ3) is 2.85. The van der Waals surface area contributed by atoms with E-state index >= 15 is 0 Å². The van der Waals surface area contributed by atoms with Gasteiger partial charge in [0.1, 0.15) is 10.8 Å². The minimum absolute atomic E-state index is 0.165.